The molecule has 0 bridgehead atoms. The standard InChI is InChI=1S/C12H19ClN2O/c1-15(2)11(9-14)7-8-16-12-5-3-10(13)4-6-12/h3-6,11H,7-9,14H2,1-2H3. The van der Waals surface area contributed by atoms with E-state index in [0.29, 0.717) is 19.2 Å². The molecule has 0 amide bonds. The lowest BCUT2D eigenvalue weighted by molar-refractivity contribution is 0.225. The molecule has 0 aliphatic rings. The molecule has 0 aromatic heterocycles. The van der Waals surface area contributed by atoms with Crippen LogP contribution in [0.5, 0.6) is 5.75 Å². The highest BCUT2D eigenvalue weighted by Crippen LogP contribution is 2.15. The van der Waals surface area contributed by atoms with E-state index in [4.69, 9.17) is 22.1 Å². The number of nitrogens with zero attached hydrogens (tertiary/aromatic N) is 1. The van der Waals surface area contributed by atoms with Crippen molar-refractivity contribution in [2.75, 3.05) is 27.2 Å². The maximum absolute atomic E-state index is 5.78. The van der Waals surface area contributed by atoms with Crippen LogP contribution in [0.25, 0.3) is 0 Å². The summed E-state index contributed by atoms with van der Waals surface area (Å²) in [6, 6.07) is 7.75. The van der Waals surface area contributed by atoms with Crippen LogP contribution in [0.2, 0.25) is 5.02 Å². The lowest BCUT2D eigenvalue weighted by Gasteiger charge is -2.22. The minimum Gasteiger partial charge on any atom is -0.494 e. The first-order valence-electron chi connectivity index (χ1n) is 5.38. The molecular weight excluding hydrogens is 224 g/mol. The number of nitrogens with two attached hydrogens (primary N) is 1. The molecule has 1 aromatic carbocycles. The normalized spacial score (nSPS) is 12.8. The van der Waals surface area contributed by atoms with E-state index in [-0.39, 0.29) is 0 Å². The Bertz CT molecular complexity index is 300. The molecule has 1 atom stereocenters. The summed E-state index contributed by atoms with van der Waals surface area (Å²) >= 11 is 5.78. The second kappa shape index (κ2) is 6.74. The number of rotatable bonds is 6. The Morgan fingerprint density at radius 1 is 1.31 bits per heavy atom. The molecular formula is C12H19ClN2O. The molecule has 4 heteroatoms. The Labute approximate surface area is 102 Å². The summed E-state index contributed by atoms with van der Waals surface area (Å²) in [6.45, 7) is 1.32. The SMILES string of the molecule is CN(C)C(CN)CCOc1ccc(Cl)cc1. The summed E-state index contributed by atoms with van der Waals surface area (Å²) in [5.74, 6) is 0.846. The highest BCUT2D eigenvalue weighted by Gasteiger charge is 2.08. The van der Waals surface area contributed by atoms with Gasteiger partial charge in [0.15, 0.2) is 0 Å². The molecule has 0 saturated carbocycles. The van der Waals surface area contributed by atoms with E-state index in [9.17, 15) is 0 Å². The largest absolute Gasteiger partial charge is 0.494 e. The first-order valence-corrected chi connectivity index (χ1v) is 5.76. The van der Waals surface area contributed by atoms with Crippen LogP contribution in [0.15, 0.2) is 24.3 Å². The summed E-state index contributed by atoms with van der Waals surface area (Å²) in [5.41, 5.74) is 5.66. The van der Waals surface area contributed by atoms with E-state index in [0.717, 1.165) is 17.2 Å². The van der Waals surface area contributed by atoms with E-state index in [1.807, 2.05) is 38.4 Å². The summed E-state index contributed by atoms with van der Waals surface area (Å²) in [7, 11) is 4.06. The Balaban J connectivity index is 2.32. The highest BCUT2D eigenvalue weighted by atomic mass is 35.5. The van der Waals surface area contributed by atoms with Crippen molar-refractivity contribution in [3.63, 3.8) is 0 Å². The maximum atomic E-state index is 5.78. The molecule has 90 valence electrons. The zero-order valence-corrected chi connectivity index (χ0v) is 10.6. The molecule has 0 heterocycles. The maximum Gasteiger partial charge on any atom is 0.119 e. The van der Waals surface area contributed by atoms with Crippen LogP contribution in [0.3, 0.4) is 0 Å². The lowest BCUT2D eigenvalue weighted by Crippen LogP contribution is -2.36. The van der Waals surface area contributed by atoms with Gasteiger partial charge in [-0.1, -0.05) is 11.6 Å². The number of benzene rings is 1. The van der Waals surface area contributed by atoms with Crippen LogP contribution in [0, 0.1) is 0 Å². The molecule has 16 heavy (non-hydrogen) atoms. The van der Waals surface area contributed by atoms with Crippen molar-refractivity contribution in [2.24, 2.45) is 5.73 Å². The molecule has 1 aromatic rings. The van der Waals surface area contributed by atoms with E-state index >= 15 is 0 Å². The van der Waals surface area contributed by atoms with Crippen molar-refractivity contribution in [1.29, 1.82) is 0 Å². The molecule has 0 fully saturated rings. The van der Waals surface area contributed by atoms with Crippen LogP contribution in [-0.2, 0) is 0 Å². The van der Waals surface area contributed by atoms with Gasteiger partial charge in [0, 0.05) is 17.6 Å². The molecule has 0 aliphatic heterocycles. The van der Waals surface area contributed by atoms with Crippen molar-refractivity contribution >= 4 is 11.6 Å². The molecule has 0 spiro atoms. The van der Waals surface area contributed by atoms with Crippen LogP contribution in [0.1, 0.15) is 6.42 Å². The van der Waals surface area contributed by atoms with Gasteiger partial charge in [-0.05, 0) is 44.8 Å². The quantitative estimate of drug-likeness (QED) is 0.829. The third kappa shape index (κ3) is 4.39. The Morgan fingerprint density at radius 2 is 1.94 bits per heavy atom. The number of ether oxygens (including phenoxy) is 1. The first kappa shape index (κ1) is 13.3. The van der Waals surface area contributed by atoms with Gasteiger partial charge in [-0.25, -0.2) is 0 Å². The van der Waals surface area contributed by atoms with Crippen LogP contribution >= 0.6 is 11.6 Å². The monoisotopic (exact) mass is 242 g/mol. The van der Waals surface area contributed by atoms with Gasteiger partial charge in [-0.2, -0.15) is 0 Å². The minimum atomic E-state index is 0.368. The van der Waals surface area contributed by atoms with E-state index in [1.165, 1.54) is 0 Å². The third-order valence-corrected chi connectivity index (χ3v) is 2.79. The van der Waals surface area contributed by atoms with E-state index in [1.54, 1.807) is 0 Å². The van der Waals surface area contributed by atoms with Crippen molar-refractivity contribution in [3.8, 4) is 5.75 Å². The van der Waals surface area contributed by atoms with Crippen molar-refractivity contribution in [3.05, 3.63) is 29.3 Å². The van der Waals surface area contributed by atoms with Gasteiger partial charge in [0.05, 0.1) is 6.61 Å². The van der Waals surface area contributed by atoms with E-state index in [2.05, 4.69) is 4.90 Å². The first-order chi connectivity index (χ1) is 7.63. The van der Waals surface area contributed by atoms with Crippen molar-refractivity contribution in [1.82, 2.24) is 4.90 Å². The smallest absolute Gasteiger partial charge is 0.119 e. The van der Waals surface area contributed by atoms with Gasteiger partial charge in [-0.15, -0.1) is 0 Å². The molecule has 0 saturated heterocycles. The fraction of sp³-hybridized carbons (Fsp3) is 0.500. The highest BCUT2D eigenvalue weighted by molar-refractivity contribution is 6.30. The zero-order chi connectivity index (χ0) is 12.0. The summed E-state index contributed by atoms with van der Waals surface area (Å²) < 4.78 is 5.60. The molecule has 3 nitrogen and oxygen atoms in total. The second-order valence-electron chi connectivity index (χ2n) is 3.94. The number of hydrogen-bond acceptors (Lipinski definition) is 3. The predicted octanol–water partition coefficient (Wildman–Crippen LogP) is 2.00. The van der Waals surface area contributed by atoms with Crippen molar-refractivity contribution in [2.45, 2.75) is 12.5 Å². The summed E-state index contributed by atoms with van der Waals surface area (Å²) in [5, 5.41) is 0.723. The van der Waals surface area contributed by atoms with E-state index < -0.39 is 0 Å². The summed E-state index contributed by atoms with van der Waals surface area (Å²) in [6.07, 6.45) is 0.923. The van der Waals surface area contributed by atoms with Gasteiger partial charge >= 0.3 is 0 Å². The van der Waals surface area contributed by atoms with Gasteiger partial charge in [0.25, 0.3) is 0 Å². The van der Waals surface area contributed by atoms with Gasteiger partial charge in [0.2, 0.25) is 0 Å². The molecule has 2 N–H and O–H groups in total. The second-order valence-corrected chi connectivity index (χ2v) is 4.38. The molecule has 0 radical (unpaired) electrons. The lowest BCUT2D eigenvalue weighted by atomic mass is 10.2. The number of hydrogen-bond donors (Lipinski definition) is 1. The van der Waals surface area contributed by atoms with Crippen LogP contribution in [-0.4, -0.2) is 38.2 Å². The van der Waals surface area contributed by atoms with Crippen LogP contribution in [0.4, 0.5) is 0 Å². The van der Waals surface area contributed by atoms with Gasteiger partial charge < -0.3 is 15.4 Å². The average Bonchev–Trinajstić information content (AvgIpc) is 2.26. The zero-order valence-electron chi connectivity index (χ0n) is 9.82. The Hall–Kier alpha value is -0.770. The molecule has 1 unspecified atom stereocenters. The Morgan fingerprint density at radius 3 is 2.44 bits per heavy atom. The van der Waals surface area contributed by atoms with Crippen molar-refractivity contribution < 1.29 is 4.74 Å². The minimum absolute atomic E-state index is 0.368. The predicted molar refractivity (Wildman–Crippen MR) is 68.1 cm³/mol. The van der Waals surface area contributed by atoms with Gasteiger partial charge in [-0.3, -0.25) is 0 Å². The molecule has 1 rings (SSSR count). The average molecular weight is 243 g/mol. The topological polar surface area (TPSA) is 38.5 Å². The number of halogens is 1. The molecule has 0 aliphatic carbocycles. The summed E-state index contributed by atoms with van der Waals surface area (Å²) in [4.78, 5) is 2.12. The fourth-order valence-electron chi connectivity index (χ4n) is 1.43. The Kier molecular flexibility index (Phi) is 5.60. The fourth-order valence-corrected chi connectivity index (χ4v) is 1.56. The van der Waals surface area contributed by atoms with Gasteiger partial charge in [0.1, 0.15) is 5.75 Å². The third-order valence-electron chi connectivity index (χ3n) is 2.54. The number of likely N-dealkylation sites (N-methyl/N-ethyl adjacent to an activating group) is 1. The van der Waals surface area contributed by atoms with Crippen LogP contribution < -0.4 is 10.5 Å².